The highest BCUT2D eigenvalue weighted by Crippen LogP contribution is 2.42. The molecule has 1 aliphatic rings. The molecule has 0 radical (unpaired) electrons. The van der Waals surface area contributed by atoms with E-state index in [9.17, 15) is 31.5 Å². The van der Waals surface area contributed by atoms with E-state index in [0.717, 1.165) is 11.1 Å². The molecule has 0 unspecified atom stereocenters. The first-order valence-electron chi connectivity index (χ1n) is 14.1. The highest BCUT2D eigenvalue weighted by atomic mass is 32.2. The Labute approximate surface area is 255 Å². The summed E-state index contributed by atoms with van der Waals surface area (Å²) in [6.07, 6.45) is -4.00. The second kappa shape index (κ2) is 12.9. The van der Waals surface area contributed by atoms with Gasteiger partial charge in [0.25, 0.3) is 10.0 Å². The molecule has 0 bridgehead atoms. The topological polar surface area (TPSA) is 132 Å². The number of nitrogens with zero attached hydrogens (tertiary/aromatic N) is 1. The minimum absolute atomic E-state index is 0.0311. The van der Waals surface area contributed by atoms with Gasteiger partial charge in [-0.15, -0.1) is 0 Å². The van der Waals surface area contributed by atoms with Crippen LogP contribution in [-0.4, -0.2) is 36.3 Å². The van der Waals surface area contributed by atoms with Crippen LogP contribution in [0, 0.1) is 5.41 Å². The van der Waals surface area contributed by atoms with Crippen LogP contribution in [0.2, 0.25) is 0 Å². The van der Waals surface area contributed by atoms with Gasteiger partial charge >= 0.3 is 12.1 Å². The number of hydrogen-bond acceptors (Lipinski definition) is 7. The lowest BCUT2D eigenvalue weighted by Gasteiger charge is -2.39. The number of sulfonamides is 1. The highest BCUT2D eigenvalue weighted by Gasteiger charge is 2.45. The van der Waals surface area contributed by atoms with Crippen molar-refractivity contribution in [2.24, 2.45) is 5.41 Å². The Morgan fingerprint density at radius 1 is 1.00 bits per heavy atom. The van der Waals surface area contributed by atoms with Gasteiger partial charge in [-0.3, -0.25) is 4.72 Å². The molecule has 4 rings (SSSR count). The van der Waals surface area contributed by atoms with E-state index < -0.39 is 46.0 Å². The van der Waals surface area contributed by atoms with Crippen LogP contribution < -0.4 is 10.5 Å². The average molecular weight is 632 g/mol. The number of halogens is 3. The molecule has 12 heteroatoms. The minimum Gasteiger partial charge on any atom is -0.512 e. The molecule has 0 saturated carbocycles. The third-order valence-electron chi connectivity index (χ3n) is 7.52. The molecular formula is C32H36F3N3O5S. The van der Waals surface area contributed by atoms with Crippen molar-refractivity contribution < 1.29 is 36.2 Å². The summed E-state index contributed by atoms with van der Waals surface area (Å²) < 4.78 is 73.4. The van der Waals surface area contributed by atoms with Crippen molar-refractivity contribution in [3.05, 3.63) is 95.4 Å². The third kappa shape index (κ3) is 8.98. The lowest BCUT2D eigenvalue weighted by atomic mass is 9.77. The Bertz CT molecular complexity index is 1610. The van der Waals surface area contributed by atoms with Crippen molar-refractivity contribution in [3.8, 4) is 0 Å². The normalized spacial score (nSPS) is 17.8. The van der Waals surface area contributed by atoms with E-state index in [1.54, 1.807) is 24.3 Å². The quantitative estimate of drug-likeness (QED) is 0.185. The Morgan fingerprint density at radius 2 is 1.70 bits per heavy atom. The second-order valence-corrected chi connectivity index (χ2v) is 13.7. The zero-order valence-corrected chi connectivity index (χ0v) is 25.3. The van der Waals surface area contributed by atoms with Crippen LogP contribution >= 0.6 is 0 Å². The van der Waals surface area contributed by atoms with Gasteiger partial charge in [-0.2, -0.15) is 21.6 Å². The van der Waals surface area contributed by atoms with Crippen molar-refractivity contribution in [1.82, 2.24) is 4.98 Å². The van der Waals surface area contributed by atoms with Crippen LogP contribution in [0.3, 0.4) is 0 Å². The lowest BCUT2D eigenvalue weighted by Crippen LogP contribution is -2.42. The smallest absolute Gasteiger partial charge is 0.389 e. The first-order chi connectivity index (χ1) is 20.5. The van der Waals surface area contributed by atoms with E-state index in [1.807, 2.05) is 44.2 Å². The summed E-state index contributed by atoms with van der Waals surface area (Å²) in [7, 11) is -3.96. The number of anilines is 2. The van der Waals surface area contributed by atoms with E-state index in [-0.39, 0.29) is 35.6 Å². The van der Waals surface area contributed by atoms with Gasteiger partial charge in [0.1, 0.15) is 11.4 Å². The standard InChI is InChI=1S/C32H36F3N3O5S/c1-30(2,18-23-9-6-10-25(17-23)38-44(41,42)28-12-11-24(36)21-37-28)19-26-27(39)20-31(43-29(26)40,15-16-32(33,34)35)14-13-22-7-4-3-5-8-22/h3-12,17,21,38-39H,13-16,18-20,36H2,1-2H3/t31-/m0/s1. The maximum Gasteiger partial charge on any atom is 0.389 e. The highest BCUT2D eigenvalue weighted by molar-refractivity contribution is 7.92. The van der Waals surface area contributed by atoms with Crippen LogP contribution in [0.5, 0.6) is 0 Å². The predicted molar refractivity (Wildman–Crippen MR) is 161 cm³/mol. The van der Waals surface area contributed by atoms with E-state index in [0.29, 0.717) is 24.2 Å². The number of cyclic esters (lactones) is 1. The molecule has 4 N–H and O–H groups in total. The van der Waals surface area contributed by atoms with Gasteiger partial charge in [0.15, 0.2) is 5.03 Å². The number of rotatable bonds is 12. The fourth-order valence-corrected chi connectivity index (χ4v) is 6.37. The van der Waals surface area contributed by atoms with E-state index in [2.05, 4.69) is 9.71 Å². The summed E-state index contributed by atoms with van der Waals surface area (Å²) in [4.78, 5) is 17.1. The molecule has 2 heterocycles. The number of nitrogens with two attached hydrogens (primary N) is 1. The molecule has 2 aromatic carbocycles. The van der Waals surface area contributed by atoms with Gasteiger partial charge < -0.3 is 15.6 Å². The number of carbonyl (C=O) groups excluding carboxylic acids is 1. The lowest BCUT2D eigenvalue weighted by molar-refractivity contribution is -0.173. The molecule has 0 saturated heterocycles. The number of ether oxygens (including phenoxy) is 1. The summed E-state index contributed by atoms with van der Waals surface area (Å²) >= 11 is 0. The molecular weight excluding hydrogens is 595 g/mol. The Kier molecular flexibility index (Phi) is 9.62. The SMILES string of the molecule is CC(C)(CC1=C(O)C[C@](CCc2ccccc2)(CCC(F)(F)F)OC1=O)Cc1cccc(NS(=O)(=O)c2ccc(N)cn2)c1. The first kappa shape index (κ1) is 32.8. The molecule has 8 nitrogen and oxygen atoms in total. The van der Waals surface area contributed by atoms with Crippen LogP contribution in [0.1, 0.15) is 57.1 Å². The molecule has 0 fully saturated rings. The second-order valence-electron chi connectivity index (χ2n) is 12.0. The maximum atomic E-state index is 13.2. The monoisotopic (exact) mass is 631 g/mol. The third-order valence-corrected chi connectivity index (χ3v) is 8.82. The molecule has 236 valence electrons. The number of alkyl halides is 3. The van der Waals surface area contributed by atoms with Crippen molar-refractivity contribution >= 4 is 27.4 Å². The summed E-state index contributed by atoms with van der Waals surface area (Å²) in [5, 5.41) is 10.8. The van der Waals surface area contributed by atoms with Gasteiger partial charge in [0, 0.05) is 18.5 Å². The number of carbonyl (C=O) groups is 1. The molecule has 1 aromatic heterocycles. The van der Waals surface area contributed by atoms with Crippen LogP contribution in [0.25, 0.3) is 0 Å². The van der Waals surface area contributed by atoms with Crippen LogP contribution in [0.4, 0.5) is 24.5 Å². The van der Waals surface area contributed by atoms with E-state index in [1.165, 1.54) is 18.3 Å². The van der Waals surface area contributed by atoms with Crippen molar-refractivity contribution in [1.29, 1.82) is 0 Å². The van der Waals surface area contributed by atoms with Gasteiger partial charge in [-0.05, 0) is 72.9 Å². The number of pyridine rings is 1. The zero-order valence-electron chi connectivity index (χ0n) is 24.5. The number of hydrogen-bond donors (Lipinski definition) is 3. The van der Waals surface area contributed by atoms with Crippen molar-refractivity contribution in [3.63, 3.8) is 0 Å². The number of benzene rings is 2. The van der Waals surface area contributed by atoms with Crippen LogP contribution in [-0.2, 0) is 32.4 Å². The van der Waals surface area contributed by atoms with Gasteiger partial charge in [-0.25, -0.2) is 9.78 Å². The molecule has 3 aromatic rings. The Morgan fingerprint density at radius 3 is 2.34 bits per heavy atom. The number of nitrogens with one attached hydrogen (secondary N) is 1. The minimum atomic E-state index is -4.44. The zero-order chi connectivity index (χ0) is 32.2. The summed E-state index contributed by atoms with van der Waals surface area (Å²) in [5.41, 5.74) is 5.81. The summed E-state index contributed by atoms with van der Waals surface area (Å²) in [5.74, 6) is -1.09. The number of aryl methyl sites for hydroxylation is 1. The fraction of sp³-hybridized carbons (Fsp3) is 0.375. The number of aliphatic hydroxyl groups is 1. The van der Waals surface area contributed by atoms with Crippen molar-refractivity contribution in [2.45, 2.75) is 75.6 Å². The number of aromatic nitrogens is 1. The Hall–Kier alpha value is -4.06. The summed E-state index contributed by atoms with van der Waals surface area (Å²) in [6, 6.07) is 18.7. The van der Waals surface area contributed by atoms with E-state index in [4.69, 9.17) is 10.5 Å². The molecule has 0 aliphatic carbocycles. The molecule has 0 amide bonds. The maximum absolute atomic E-state index is 13.2. The predicted octanol–water partition coefficient (Wildman–Crippen LogP) is 6.90. The average Bonchev–Trinajstić information content (AvgIpc) is 2.93. The van der Waals surface area contributed by atoms with E-state index >= 15 is 0 Å². The molecule has 44 heavy (non-hydrogen) atoms. The fourth-order valence-electron chi connectivity index (χ4n) is 5.38. The van der Waals surface area contributed by atoms with Crippen LogP contribution in [0.15, 0.2) is 89.3 Å². The number of esters is 1. The molecule has 0 spiro atoms. The van der Waals surface area contributed by atoms with Gasteiger partial charge in [-0.1, -0.05) is 56.3 Å². The van der Waals surface area contributed by atoms with Crippen molar-refractivity contribution in [2.75, 3.05) is 10.5 Å². The molecule has 1 aliphatic heterocycles. The Balaban J connectivity index is 1.48. The number of aliphatic hydroxyl groups excluding tert-OH is 1. The largest absolute Gasteiger partial charge is 0.512 e. The summed E-state index contributed by atoms with van der Waals surface area (Å²) in [6.45, 7) is 3.74. The van der Waals surface area contributed by atoms with Gasteiger partial charge in [0.2, 0.25) is 0 Å². The van der Waals surface area contributed by atoms with Gasteiger partial charge in [0.05, 0.1) is 17.5 Å². The molecule has 1 atom stereocenters. The number of nitrogen functional groups attached to an aromatic ring is 1. The first-order valence-corrected chi connectivity index (χ1v) is 15.6.